The highest BCUT2D eigenvalue weighted by atomic mass is 16.4. The molecule has 2 aliphatic heterocycles. The van der Waals surface area contributed by atoms with E-state index in [0.29, 0.717) is 6.42 Å². The summed E-state index contributed by atoms with van der Waals surface area (Å²) in [5, 5.41) is 9.04. The number of carboxylic acids is 1. The Morgan fingerprint density at radius 1 is 1.42 bits per heavy atom. The Morgan fingerprint density at radius 3 is 2.84 bits per heavy atom. The van der Waals surface area contributed by atoms with Crippen molar-refractivity contribution in [2.24, 2.45) is 11.7 Å². The fourth-order valence-corrected chi connectivity index (χ4v) is 3.43. The van der Waals surface area contributed by atoms with Crippen LogP contribution in [0.25, 0.3) is 0 Å². The lowest BCUT2D eigenvalue weighted by Gasteiger charge is -2.46. The van der Waals surface area contributed by atoms with Crippen molar-refractivity contribution in [2.75, 3.05) is 33.2 Å². The molecule has 2 aliphatic rings. The molecule has 2 heterocycles. The molecule has 0 aromatic rings. The molecule has 0 aromatic heterocycles. The second kappa shape index (κ2) is 5.77. The van der Waals surface area contributed by atoms with Crippen molar-refractivity contribution in [3.8, 4) is 0 Å². The van der Waals surface area contributed by atoms with E-state index in [-0.39, 0.29) is 0 Å². The van der Waals surface area contributed by atoms with Crippen LogP contribution in [0, 0.1) is 5.92 Å². The van der Waals surface area contributed by atoms with E-state index >= 15 is 0 Å². The van der Waals surface area contributed by atoms with Gasteiger partial charge in [0.25, 0.3) is 0 Å². The quantitative estimate of drug-likeness (QED) is 0.782. The molecule has 0 aliphatic carbocycles. The fraction of sp³-hybridized carbons (Fsp3) is 0.929. The lowest BCUT2D eigenvalue weighted by molar-refractivity contribution is -0.143. The van der Waals surface area contributed by atoms with Gasteiger partial charge in [0.15, 0.2) is 0 Å². The van der Waals surface area contributed by atoms with Crippen LogP contribution in [0.4, 0.5) is 0 Å². The Balaban J connectivity index is 1.83. The molecule has 3 N–H and O–H groups in total. The van der Waals surface area contributed by atoms with Crippen LogP contribution in [0.15, 0.2) is 0 Å². The minimum atomic E-state index is -1.10. The normalized spacial score (nSPS) is 32.6. The Kier molecular flexibility index (Phi) is 4.48. The highest BCUT2D eigenvalue weighted by molar-refractivity contribution is 5.77. The Bertz CT molecular complexity index is 333. The average molecular weight is 269 g/mol. The summed E-state index contributed by atoms with van der Waals surface area (Å²) in [6.07, 6.45) is 4.32. The van der Waals surface area contributed by atoms with Gasteiger partial charge in [0, 0.05) is 19.1 Å². The molecule has 0 spiro atoms. The first-order valence-electron chi connectivity index (χ1n) is 7.35. The van der Waals surface area contributed by atoms with E-state index in [1.807, 2.05) is 0 Å². The van der Waals surface area contributed by atoms with Crippen molar-refractivity contribution in [1.82, 2.24) is 9.80 Å². The molecule has 3 atom stereocenters. The largest absolute Gasteiger partial charge is 0.480 e. The van der Waals surface area contributed by atoms with Gasteiger partial charge in [0.05, 0.1) is 0 Å². The second-order valence-electron chi connectivity index (χ2n) is 6.51. The molecular weight excluding hydrogens is 242 g/mol. The number of fused-ring (bicyclic) bond motifs is 1. The van der Waals surface area contributed by atoms with Crippen LogP contribution in [-0.4, -0.2) is 65.7 Å². The molecule has 19 heavy (non-hydrogen) atoms. The van der Waals surface area contributed by atoms with Gasteiger partial charge in [0.1, 0.15) is 5.54 Å². The third-order valence-electron chi connectivity index (χ3n) is 4.87. The number of aliphatic carboxylic acids is 1. The Morgan fingerprint density at radius 2 is 2.16 bits per heavy atom. The summed E-state index contributed by atoms with van der Waals surface area (Å²) >= 11 is 0. The summed E-state index contributed by atoms with van der Waals surface area (Å²) in [6.45, 7) is 5.80. The molecule has 3 unspecified atom stereocenters. The molecule has 5 heteroatoms. The van der Waals surface area contributed by atoms with Gasteiger partial charge in [0.2, 0.25) is 0 Å². The summed E-state index contributed by atoms with van der Waals surface area (Å²) in [5.41, 5.74) is 4.70. The lowest BCUT2D eigenvalue weighted by Crippen LogP contribution is -2.54. The highest BCUT2D eigenvalue weighted by Gasteiger charge is 2.35. The fourth-order valence-electron chi connectivity index (χ4n) is 3.43. The molecule has 2 saturated heterocycles. The van der Waals surface area contributed by atoms with E-state index in [1.165, 1.54) is 25.8 Å². The van der Waals surface area contributed by atoms with Gasteiger partial charge >= 0.3 is 5.97 Å². The predicted molar refractivity (Wildman–Crippen MR) is 75.0 cm³/mol. The monoisotopic (exact) mass is 269 g/mol. The number of hydrogen-bond donors (Lipinski definition) is 2. The van der Waals surface area contributed by atoms with Crippen LogP contribution in [-0.2, 0) is 4.79 Å². The highest BCUT2D eigenvalue weighted by Crippen LogP contribution is 2.29. The molecule has 0 bridgehead atoms. The third kappa shape index (κ3) is 3.46. The number of nitrogens with zero attached hydrogens (tertiary/aromatic N) is 2. The first-order valence-corrected chi connectivity index (χ1v) is 7.35. The molecular formula is C14H27N3O2. The van der Waals surface area contributed by atoms with Crippen molar-refractivity contribution in [3.63, 3.8) is 0 Å². The zero-order valence-electron chi connectivity index (χ0n) is 12.1. The van der Waals surface area contributed by atoms with E-state index < -0.39 is 11.5 Å². The molecule has 0 radical (unpaired) electrons. The summed E-state index contributed by atoms with van der Waals surface area (Å²) < 4.78 is 0. The smallest absolute Gasteiger partial charge is 0.323 e. The first-order chi connectivity index (χ1) is 8.90. The van der Waals surface area contributed by atoms with E-state index in [9.17, 15) is 4.79 Å². The number of hydrogen-bond acceptors (Lipinski definition) is 4. The molecule has 110 valence electrons. The number of carbonyl (C=O) groups is 1. The van der Waals surface area contributed by atoms with E-state index in [0.717, 1.165) is 31.6 Å². The van der Waals surface area contributed by atoms with Gasteiger partial charge in [-0.1, -0.05) is 0 Å². The maximum Gasteiger partial charge on any atom is 0.323 e. The number of piperidine rings is 2. The van der Waals surface area contributed by atoms with Gasteiger partial charge in [-0.25, -0.2) is 0 Å². The SMILES string of the molecule is CN1CCCC2CN(CCC(C)(N)C(=O)O)CCC21. The average Bonchev–Trinajstić information content (AvgIpc) is 2.36. The van der Waals surface area contributed by atoms with Crippen LogP contribution in [0.3, 0.4) is 0 Å². The topological polar surface area (TPSA) is 69.8 Å². The lowest BCUT2D eigenvalue weighted by atomic mass is 9.84. The van der Waals surface area contributed by atoms with Crippen LogP contribution in [0.1, 0.15) is 32.6 Å². The van der Waals surface area contributed by atoms with Crippen molar-refractivity contribution in [3.05, 3.63) is 0 Å². The second-order valence-corrected chi connectivity index (χ2v) is 6.51. The maximum absolute atomic E-state index is 11.0. The van der Waals surface area contributed by atoms with Crippen LogP contribution >= 0.6 is 0 Å². The molecule has 5 nitrogen and oxygen atoms in total. The molecule has 0 saturated carbocycles. The van der Waals surface area contributed by atoms with Gasteiger partial charge < -0.3 is 20.6 Å². The van der Waals surface area contributed by atoms with Gasteiger partial charge in [-0.15, -0.1) is 0 Å². The molecule has 2 fully saturated rings. The van der Waals surface area contributed by atoms with Crippen LogP contribution in [0.5, 0.6) is 0 Å². The number of nitrogens with two attached hydrogens (primary N) is 1. The molecule has 0 aromatic carbocycles. The first kappa shape index (κ1) is 14.8. The molecule has 0 amide bonds. The number of likely N-dealkylation sites (tertiary alicyclic amines) is 2. The van der Waals surface area contributed by atoms with E-state index in [1.54, 1.807) is 6.92 Å². The zero-order chi connectivity index (χ0) is 14.0. The van der Waals surface area contributed by atoms with Gasteiger partial charge in [-0.3, -0.25) is 4.79 Å². The van der Waals surface area contributed by atoms with E-state index in [4.69, 9.17) is 10.8 Å². The van der Waals surface area contributed by atoms with Crippen molar-refractivity contribution >= 4 is 5.97 Å². The summed E-state index contributed by atoms with van der Waals surface area (Å²) in [4.78, 5) is 15.9. The summed E-state index contributed by atoms with van der Waals surface area (Å²) in [5.74, 6) is -0.152. The van der Waals surface area contributed by atoms with Crippen molar-refractivity contribution < 1.29 is 9.90 Å². The summed E-state index contributed by atoms with van der Waals surface area (Å²) in [7, 11) is 2.23. The number of rotatable bonds is 4. The van der Waals surface area contributed by atoms with Crippen molar-refractivity contribution in [1.29, 1.82) is 0 Å². The predicted octanol–water partition coefficient (Wildman–Crippen LogP) is 0.595. The number of carboxylic acid groups (broad SMARTS) is 1. The maximum atomic E-state index is 11.0. The molecule has 2 rings (SSSR count). The van der Waals surface area contributed by atoms with Gasteiger partial charge in [-0.2, -0.15) is 0 Å². The van der Waals surface area contributed by atoms with Crippen LogP contribution in [0.2, 0.25) is 0 Å². The Hall–Kier alpha value is -0.650. The van der Waals surface area contributed by atoms with Crippen molar-refractivity contribution in [2.45, 2.75) is 44.2 Å². The summed E-state index contributed by atoms with van der Waals surface area (Å²) in [6, 6.07) is 0.730. The zero-order valence-corrected chi connectivity index (χ0v) is 12.1. The van der Waals surface area contributed by atoms with Gasteiger partial charge in [-0.05, 0) is 58.7 Å². The minimum absolute atomic E-state index is 0.523. The Labute approximate surface area is 115 Å². The van der Waals surface area contributed by atoms with Crippen LogP contribution < -0.4 is 5.73 Å². The minimum Gasteiger partial charge on any atom is -0.480 e. The standard InChI is InChI=1S/C14H27N3O2/c1-14(15,13(18)19)6-9-17-8-5-12-11(10-17)4-3-7-16(12)2/h11-12H,3-10,15H2,1-2H3,(H,18,19). The van der Waals surface area contributed by atoms with E-state index in [2.05, 4.69) is 16.8 Å². The third-order valence-corrected chi connectivity index (χ3v) is 4.87.